The molecule has 0 aromatic carbocycles. The number of hydrogen-bond acceptors (Lipinski definition) is 5. The van der Waals surface area contributed by atoms with Crippen LogP contribution < -0.4 is 11.1 Å². The molecular weight excluding hydrogens is 344 g/mol. The molecule has 2 amide bonds. The molecule has 7 nitrogen and oxygen atoms in total. The van der Waals surface area contributed by atoms with E-state index in [-0.39, 0.29) is 35.7 Å². The third-order valence-corrected chi connectivity index (χ3v) is 6.40. The van der Waals surface area contributed by atoms with Gasteiger partial charge in [-0.05, 0) is 50.9 Å². The highest BCUT2D eigenvalue weighted by atomic mass is 16.5. The highest BCUT2D eigenvalue weighted by Gasteiger charge is 2.35. The number of likely N-dealkylation sites (tertiary alicyclic amines) is 1. The summed E-state index contributed by atoms with van der Waals surface area (Å²) in [5.74, 6) is 1.70. The number of rotatable bonds is 4. The Morgan fingerprint density at radius 2 is 1.93 bits per heavy atom. The Hall–Kier alpha value is -1.89. The molecule has 1 aromatic heterocycles. The summed E-state index contributed by atoms with van der Waals surface area (Å²) in [6.45, 7) is 3.49. The molecule has 27 heavy (non-hydrogen) atoms. The van der Waals surface area contributed by atoms with Gasteiger partial charge in [-0.2, -0.15) is 0 Å². The van der Waals surface area contributed by atoms with E-state index in [2.05, 4.69) is 17.4 Å². The number of nitrogens with two attached hydrogens (primary N) is 1. The molecular formula is C20H30N4O3. The summed E-state index contributed by atoms with van der Waals surface area (Å²) in [6, 6.07) is 2.08. The Kier molecular flexibility index (Phi) is 5.21. The second-order valence-electron chi connectivity index (χ2n) is 8.63. The highest BCUT2D eigenvalue weighted by molar-refractivity contribution is 5.92. The minimum atomic E-state index is -0.177. The van der Waals surface area contributed by atoms with Crippen molar-refractivity contribution >= 4 is 11.8 Å². The van der Waals surface area contributed by atoms with Gasteiger partial charge < -0.3 is 20.5 Å². The van der Waals surface area contributed by atoms with Crippen LogP contribution in [0.25, 0.3) is 0 Å². The quantitative estimate of drug-likeness (QED) is 0.840. The number of aromatic nitrogens is 1. The van der Waals surface area contributed by atoms with Gasteiger partial charge in [0, 0.05) is 43.1 Å². The number of nitrogens with zero attached hydrogens (tertiary/aromatic N) is 2. The fourth-order valence-corrected chi connectivity index (χ4v) is 4.38. The Labute approximate surface area is 160 Å². The fraction of sp³-hybridized carbons (Fsp3) is 0.750. The first-order valence-corrected chi connectivity index (χ1v) is 10.3. The van der Waals surface area contributed by atoms with Gasteiger partial charge in [0.05, 0.1) is 0 Å². The summed E-state index contributed by atoms with van der Waals surface area (Å²) in [5.41, 5.74) is 6.32. The van der Waals surface area contributed by atoms with Crippen molar-refractivity contribution < 1.29 is 14.1 Å². The summed E-state index contributed by atoms with van der Waals surface area (Å²) in [6.07, 6.45) is 6.71. The van der Waals surface area contributed by atoms with Crippen LogP contribution in [0.15, 0.2) is 10.6 Å². The van der Waals surface area contributed by atoms with Crippen LogP contribution in [0.5, 0.6) is 0 Å². The number of piperidine rings is 1. The molecule has 1 unspecified atom stereocenters. The lowest BCUT2D eigenvalue weighted by molar-refractivity contribution is -0.138. The average molecular weight is 374 g/mol. The van der Waals surface area contributed by atoms with Crippen LogP contribution in [-0.4, -0.2) is 47.0 Å². The zero-order valence-electron chi connectivity index (χ0n) is 16.0. The second kappa shape index (κ2) is 7.62. The molecule has 0 radical (unpaired) electrons. The zero-order valence-corrected chi connectivity index (χ0v) is 16.0. The van der Waals surface area contributed by atoms with Gasteiger partial charge in [0.25, 0.3) is 5.91 Å². The van der Waals surface area contributed by atoms with E-state index in [0.29, 0.717) is 24.7 Å². The van der Waals surface area contributed by atoms with Gasteiger partial charge in [0.1, 0.15) is 5.76 Å². The minimum absolute atomic E-state index is 0.0578. The van der Waals surface area contributed by atoms with E-state index < -0.39 is 0 Å². The molecule has 3 N–H and O–H groups in total. The van der Waals surface area contributed by atoms with Gasteiger partial charge in [-0.25, -0.2) is 0 Å². The maximum Gasteiger partial charge on any atom is 0.273 e. The maximum absolute atomic E-state index is 12.8. The first-order chi connectivity index (χ1) is 13.0. The number of amides is 2. The summed E-state index contributed by atoms with van der Waals surface area (Å²) in [5, 5.41) is 7.00. The van der Waals surface area contributed by atoms with Crippen LogP contribution in [0.4, 0.5) is 0 Å². The summed E-state index contributed by atoms with van der Waals surface area (Å²) < 4.78 is 5.28. The molecule has 2 saturated carbocycles. The van der Waals surface area contributed by atoms with Gasteiger partial charge in [-0.3, -0.25) is 9.59 Å². The molecule has 0 bridgehead atoms. The van der Waals surface area contributed by atoms with Gasteiger partial charge in [-0.15, -0.1) is 0 Å². The topological polar surface area (TPSA) is 101 Å². The first kappa shape index (κ1) is 18.5. The normalized spacial score (nSPS) is 31.6. The fourth-order valence-electron chi connectivity index (χ4n) is 4.38. The lowest BCUT2D eigenvalue weighted by Crippen LogP contribution is -2.53. The Morgan fingerprint density at radius 3 is 2.59 bits per heavy atom. The molecule has 3 fully saturated rings. The lowest BCUT2D eigenvalue weighted by atomic mass is 9.84. The van der Waals surface area contributed by atoms with Crippen LogP contribution in [0.2, 0.25) is 0 Å². The molecule has 1 saturated heterocycles. The van der Waals surface area contributed by atoms with Gasteiger partial charge in [0.15, 0.2) is 5.69 Å². The van der Waals surface area contributed by atoms with Crippen molar-refractivity contribution in [3.05, 3.63) is 17.5 Å². The molecule has 1 aromatic rings. The molecule has 1 aliphatic heterocycles. The lowest BCUT2D eigenvalue weighted by Gasteiger charge is -2.39. The van der Waals surface area contributed by atoms with E-state index in [1.165, 1.54) is 0 Å². The van der Waals surface area contributed by atoms with Crippen LogP contribution in [0, 0.1) is 11.8 Å². The van der Waals surface area contributed by atoms with E-state index in [0.717, 1.165) is 50.7 Å². The third kappa shape index (κ3) is 4.18. The molecule has 2 aliphatic carbocycles. The van der Waals surface area contributed by atoms with Gasteiger partial charge in [0.2, 0.25) is 5.91 Å². The number of carbonyl (C=O) groups excluding carboxylic acids is 2. The Balaban J connectivity index is 1.29. The van der Waals surface area contributed by atoms with E-state index >= 15 is 0 Å². The predicted octanol–water partition coefficient (Wildman–Crippen LogP) is 2.04. The largest absolute Gasteiger partial charge is 0.360 e. The Morgan fingerprint density at radius 1 is 1.19 bits per heavy atom. The second-order valence-corrected chi connectivity index (χ2v) is 8.63. The monoisotopic (exact) mass is 374 g/mol. The van der Waals surface area contributed by atoms with Gasteiger partial charge >= 0.3 is 0 Å². The minimum Gasteiger partial charge on any atom is -0.360 e. The molecule has 3 aliphatic rings. The molecule has 148 valence electrons. The number of hydrogen-bond donors (Lipinski definition) is 2. The smallest absolute Gasteiger partial charge is 0.273 e. The SMILES string of the molecule is C[C@H]1CN(C(=O)C2CCC(N)CC2)CCC1NC(=O)c1cc(C2CC2)on1. The molecule has 0 spiro atoms. The van der Waals surface area contributed by atoms with Crippen molar-refractivity contribution in [3.8, 4) is 0 Å². The van der Waals surface area contributed by atoms with E-state index in [4.69, 9.17) is 10.3 Å². The van der Waals surface area contributed by atoms with Gasteiger partial charge in [-0.1, -0.05) is 12.1 Å². The number of nitrogens with one attached hydrogen (secondary N) is 1. The van der Waals surface area contributed by atoms with Crippen LogP contribution in [0.3, 0.4) is 0 Å². The zero-order chi connectivity index (χ0) is 19.0. The Bertz CT molecular complexity index is 691. The van der Waals surface area contributed by atoms with E-state index in [1.807, 2.05) is 4.90 Å². The van der Waals surface area contributed by atoms with E-state index in [1.54, 1.807) is 6.07 Å². The van der Waals surface area contributed by atoms with Crippen molar-refractivity contribution in [2.24, 2.45) is 17.6 Å². The first-order valence-electron chi connectivity index (χ1n) is 10.3. The van der Waals surface area contributed by atoms with Crippen molar-refractivity contribution in [1.29, 1.82) is 0 Å². The van der Waals surface area contributed by atoms with Crippen molar-refractivity contribution in [2.75, 3.05) is 13.1 Å². The van der Waals surface area contributed by atoms with Crippen LogP contribution in [0.1, 0.15) is 74.0 Å². The van der Waals surface area contributed by atoms with Crippen LogP contribution >= 0.6 is 0 Å². The highest BCUT2D eigenvalue weighted by Crippen LogP contribution is 2.40. The summed E-state index contributed by atoms with van der Waals surface area (Å²) in [7, 11) is 0. The summed E-state index contributed by atoms with van der Waals surface area (Å²) in [4.78, 5) is 27.3. The number of carbonyl (C=O) groups is 2. The molecule has 4 rings (SSSR count). The molecule has 2 atom stereocenters. The van der Waals surface area contributed by atoms with E-state index in [9.17, 15) is 9.59 Å². The molecule has 7 heteroatoms. The van der Waals surface area contributed by atoms with Crippen molar-refractivity contribution in [1.82, 2.24) is 15.4 Å². The standard InChI is InChI=1S/C20H30N4O3/c1-12-11-24(20(26)14-4-6-15(21)7-5-14)9-8-16(12)22-19(25)17-10-18(27-23-17)13-2-3-13/h10,12-16H,2-9,11,21H2,1H3,(H,22,25)/t12-,14?,15?,16?/m0/s1. The maximum atomic E-state index is 12.8. The van der Waals surface area contributed by atoms with Crippen molar-refractivity contribution in [2.45, 2.75) is 69.9 Å². The van der Waals surface area contributed by atoms with Crippen LogP contribution in [-0.2, 0) is 4.79 Å². The average Bonchev–Trinajstić information content (AvgIpc) is 3.40. The third-order valence-electron chi connectivity index (χ3n) is 6.40. The molecule has 2 heterocycles. The predicted molar refractivity (Wildman–Crippen MR) is 100 cm³/mol. The summed E-state index contributed by atoms with van der Waals surface area (Å²) >= 11 is 0. The van der Waals surface area contributed by atoms with Crippen molar-refractivity contribution in [3.63, 3.8) is 0 Å².